The van der Waals surface area contributed by atoms with Gasteiger partial charge in [0.15, 0.2) is 0 Å². The van der Waals surface area contributed by atoms with Gasteiger partial charge in [-0.1, -0.05) is 41.6 Å². The second-order valence-corrected chi connectivity index (χ2v) is 7.08. The molecule has 136 valence electrons. The maximum absolute atomic E-state index is 11.9. The smallest absolute Gasteiger partial charge is 0.230 e. The fourth-order valence-corrected chi connectivity index (χ4v) is 3.67. The van der Waals surface area contributed by atoms with Gasteiger partial charge in [-0.25, -0.2) is 4.98 Å². The lowest BCUT2D eigenvalue weighted by atomic mass is 10.1. The zero-order valence-electron chi connectivity index (χ0n) is 15.1. The van der Waals surface area contributed by atoms with Crippen molar-refractivity contribution in [2.45, 2.75) is 18.5 Å². The van der Waals surface area contributed by atoms with Crippen LogP contribution < -0.4 is 5.32 Å². The maximum atomic E-state index is 11.9. The second kappa shape index (κ2) is 8.87. The number of pyridine rings is 1. The molecule has 1 aromatic carbocycles. The summed E-state index contributed by atoms with van der Waals surface area (Å²) in [5.74, 6) is 0.337. The van der Waals surface area contributed by atoms with Crippen molar-refractivity contribution in [1.29, 1.82) is 0 Å². The minimum Gasteiger partial charge on any atom is -0.383 e. The Morgan fingerprint density at radius 3 is 3.00 bits per heavy atom. The highest BCUT2D eigenvalue weighted by molar-refractivity contribution is 8.00. The number of aromatic nitrogens is 2. The number of rotatable bonds is 8. The Morgan fingerprint density at radius 2 is 2.19 bits per heavy atom. The largest absolute Gasteiger partial charge is 0.383 e. The Bertz CT molecular complexity index is 892. The van der Waals surface area contributed by atoms with Gasteiger partial charge in [0, 0.05) is 38.0 Å². The number of benzene rings is 1. The summed E-state index contributed by atoms with van der Waals surface area (Å²) in [6.45, 7) is 3.97. The van der Waals surface area contributed by atoms with Crippen LogP contribution in [-0.4, -0.2) is 41.5 Å². The van der Waals surface area contributed by atoms with E-state index in [-0.39, 0.29) is 5.91 Å². The van der Waals surface area contributed by atoms with E-state index in [1.807, 2.05) is 6.07 Å². The van der Waals surface area contributed by atoms with Crippen LogP contribution in [0.3, 0.4) is 0 Å². The van der Waals surface area contributed by atoms with Crippen LogP contribution in [0.1, 0.15) is 11.1 Å². The third kappa shape index (κ3) is 4.65. The van der Waals surface area contributed by atoms with Gasteiger partial charge in [-0.15, -0.1) is 0 Å². The summed E-state index contributed by atoms with van der Waals surface area (Å²) in [5, 5.41) is 4.79. The fraction of sp³-hybridized carbons (Fsp3) is 0.300. The lowest BCUT2D eigenvalue weighted by Crippen LogP contribution is -2.28. The summed E-state index contributed by atoms with van der Waals surface area (Å²) >= 11 is 1.46. The lowest BCUT2D eigenvalue weighted by Gasteiger charge is -2.08. The molecule has 3 aromatic rings. The van der Waals surface area contributed by atoms with Crippen LogP contribution in [0.25, 0.3) is 10.9 Å². The topological polar surface area (TPSA) is 56.1 Å². The quantitative estimate of drug-likeness (QED) is 0.489. The van der Waals surface area contributed by atoms with Crippen LogP contribution in [0.5, 0.6) is 0 Å². The highest BCUT2D eigenvalue weighted by atomic mass is 32.2. The summed E-state index contributed by atoms with van der Waals surface area (Å²) in [6.07, 6.45) is 3.89. The number of ether oxygens (including phenoxy) is 1. The first kappa shape index (κ1) is 18.5. The van der Waals surface area contributed by atoms with E-state index in [1.165, 1.54) is 22.9 Å². The minimum absolute atomic E-state index is 0.00922. The van der Waals surface area contributed by atoms with Crippen LogP contribution in [0, 0.1) is 6.92 Å². The van der Waals surface area contributed by atoms with Gasteiger partial charge in [-0.2, -0.15) is 0 Å². The molecule has 3 rings (SSSR count). The first-order valence-electron chi connectivity index (χ1n) is 8.55. The van der Waals surface area contributed by atoms with Gasteiger partial charge in [-0.3, -0.25) is 4.79 Å². The monoisotopic (exact) mass is 369 g/mol. The van der Waals surface area contributed by atoms with E-state index in [0.29, 0.717) is 18.9 Å². The van der Waals surface area contributed by atoms with E-state index < -0.39 is 0 Å². The number of hydrogen-bond acceptors (Lipinski definition) is 4. The molecule has 0 fully saturated rings. The van der Waals surface area contributed by atoms with E-state index in [4.69, 9.17) is 4.74 Å². The van der Waals surface area contributed by atoms with Crippen LogP contribution in [0.4, 0.5) is 0 Å². The van der Waals surface area contributed by atoms with Crippen molar-refractivity contribution in [2.75, 3.05) is 26.0 Å². The van der Waals surface area contributed by atoms with Gasteiger partial charge in [0.2, 0.25) is 5.91 Å². The molecule has 26 heavy (non-hydrogen) atoms. The number of nitrogens with one attached hydrogen (secondary N) is 1. The predicted octanol–water partition coefficient (Wildman–Crippen LogP) is 3.25. The SMILES string of the molecule is COCCNC(=O)CSc1nccc2c1ccn2Cc1cccc(C)c1. The summed E-state index contributed by atoms with van der Waals surface area (Å²) in [4.78, 5) is 16.3. The number of hydrogen-bond donors (Lipinski definition) is 1. The van der Waals surface area contributed by atoms with Crippen molar-refractivity contribution < 1.29 is 9.53 Å². The Labute approximate surface area is 157 Å². The molecule has 2 aromatic heterocycles. The van der Waals surface area contributed by atoms with Crippen LogP contribution >= 0.6 is 11.8 Å². The molecule has 0 spiro atoms. The molecule has 0 saturated heterocycles. The third-order valence-corrected chi connectivity index (χ3v) is 5.07. The zero-order valence-corrected chi connectivity index (χ0v) is 15.9. The molecule has 0 aliphatic rings. The fourth-order valence-electron chi connectivity index (χ4n) is 2.83. The molecule has 0 aliphatic heterocycles. The molecule has 1 amide bonds. The molecule has 0 atom stereocenters. The molecule has 0 aliphatic carbocycles. The molecular formula is C20H23N3O2S. The van der Waals surface area contributed by atoms with Crippen molar-refractivity contribution in [1.82, 2.24) is 14.9 Å². The number of amides is 1. The van der Waals surface area contributed by atoms with Gasteiger partial charge < -0.3 is 14.6 Å². The minimum atomic E-state index is -0.00922. The maximum Gasteiger partial charge on any atom is 0.230 e. The Kier molecular flexibility index (Phi) is 6.30. The van der Waals surface area contributed by atoms with Crippen LogP contribution in [-0.2, 0) is 16.1 Å². The van der Waals surface area contributed by atoms with Gasteiger partial charge in [0.1, 0.15) is 5.03 Å². The Morgan fingerprint density at radius 1 is 1.31 bits per heavy atom. The lowest BCUT2D eigenvalue weighted by molar-refractivity contribution is -0.118. The predicted molar refractivity (Wildman–Crippen MR) is 106 cm³/mol. The normalized spacial score (nSPS) is 11.0. The number of fused-ring (bicyclic) bond motifs is 1. The first-order chi connectivity index (χ1) is 12.7. The van der Waals surface area contributed by atoms with Crippen molar-refractivity contribution in [3.05, 3.63) is 59.9 Å². The van der Waals surface area contributed by atoms with Gasteiger partial charge >= 0.3 is 0 Å². The molecule has 5 nitrogen and oxygen atoms in total. The van der Waals surface area contributed by atoms with E-state index in [9.17, 15) is 4.79 Å². The van der Waals surface area contributed by atoms with Crippen molar-refractivity contribution in [2.24, 2.45) is 0 Å². The molecule has 1 N–H and O–H groups in total. The van der Waals surface area contributed by atoms with Gasteiger partial charge in [-0.05, 0) is 24.6 Å². The summed E-state index contributed by atoms with van der Waals surface area (Å²) < 4.78 is 7.15. The molecule has 0 bridgehead atoms. The first-order valence-corrected chi connectivity index (χ1v) is 9.54. The summed E-state index contributed by atoms with van der Waals surface area (Å²) in [5.41, 5.74) is 3.66. The number of thioether (sulfide) groups is 1. The molecule has 0 unspecified atom stereocenters. The van der Waals surface area contributed by atoms with Crippen molar-refractivity contribution >= 4 is 28.6 Å². The molecule has 6 heteroatoms. The number of aryl methyl sites for hydroxylation is 1. The molecular weight excluding hydrogens is 346 g/mol. The standard InChI is InChI=1S/C20H23N3O2S/c1-15-4-3-5-16(12-15)13-23-10-7-17-18(23)6-8-22-20(17)26-14-19(24)21-9-11-25-2/h3-8,10,12H,9,11,13-14H2,1-2H3,(H,21,24). The van der Waals surface area contributed by atoms with Crippen LogP contribution in [0.2, 0.25) is 0 Å². The third-order valence-electron chi connectivity index (χ3n) is 4.06. The Hall–Kier alpha value is -2.31. The average molecular weight is 369 g/mol. The number of methoxy groups -OCH3 is 1. The highest BCUT2D eigenvalue weighted by Gasteiger charge is 2.10. The molecule has 2 heterocycles. The summed E-state index contributed by atoms with van der Waals surface area (Å²) in [7, 11) is 1.62. The number of carbonyl (C=O) groups is 1. The van der Waals surface area contributed by atoms with E-state index >= 15 is 0 Å². The highest BCUT2D eigenvalue weighted by Crippen LogP contribution is 2.27. The number of nitrogens with zero attached hydrogens (tertiary/aromatic N) is 2. The Balaban J connectivity index is 1.71. The van der Waals surface area contributed by atoms with Crippen LogP contribution in [0.15, 0.2) is 53.8 Å². The van der Waals surface area contributed by atoms with E-state index in [1.54, 1.807) is 13.3 Å². The number of carbonyl (C=O) groups excluding carboxylic acids is 1. The summed E-state index contributed by atoms with van der Waals surface area (Å²) in [6, 6.07) is 12.6. The van der Waals surface area contributed by atoms with E-state index in [2.05, 4.69) is 58.3 Å². The van der Waals surface area contributed by atoms with Crippen molar-refractivity contribution in [3.63, 3.8) is 0 Å². The van der Waals surface area contributed by atoms with Crippen molar-refractivity contribution in [3.8, 4) is 0 Å². The molecule has 0 radical (unpaired) electrons. The molecule has 0 saturated carbocycles. The zero-order chi connectivity index (χ0) is 18.4. The van der Waals surface area contributed by atoms with E-state index in [0.717, 1.165) is 22.5 Å². The van der Waals surface area contributed by atoms with Gasteiger partial charge in [0.25, 0.3) is 0 Å². The average Bonchev–Trinajstić information content (AvgIpc) is 3.04. The second-order valence-electron chi connectivity index (χ2n) is 6.11. The van der Waals surface area contributed by atoms with Gasteiger partial charge in [0.05, 0.1) is 17.9 Å².